The predicted octanol–water partition coefficient (Wildman–Crippen LogP) is 2.01. The third-order valence-electron chi connectivity index (χ3n) is 2.53. The van der Waals surface area contributed by atoms with Crippen molar-refractivity contribution in [1.82, 2.24) is 15.6 Å². The van der Waals surface area contributed by atoms with E-state index in [1.54, 1.807) is 32.0 Å². The Morgan fingerprint density at radius 3 is 2.63 bits per heavy atom. The van der Waals surface area contributed by atoms with E-state index in [-0.39, 0.29) is 11.5 Å². The Labute approximate surface area is 109 Å². The van der Waals surface area contributed by atoms with Crippen molar-refractivity contribution in [1.29, 1.82) is 0 Å². The van der Waals surface area contributed by atoms with Gasteiger partial charge < -0.3 is 0 Å². The molecule has 0 aliphatic carbocycles. The van der Waals surface area contributed by atoms with Gasteiger partial charge in [-0.1, -0.05) is 12.1 Å². The molecular weight excluding hydrogens is 247 g/mol. The van der Waals surface area contributed by atoms with Gasteiger partial charge in [-0.05, 0) is 37.6 Å². The van der Waals surface area contributed by atoms with Gasteiger partial charge in [-0.15, -0.1) is 0 Å². The summed E-state index contributed by atoms with van der Waals surface area (Å²) in [6.45, 7) is 3.53. The van der Waals surface area contributed by atoms with Crippen LogP contribution in [-0.2, 0) is 0 Å². The highest BCUT2D eigenvalue weighted by atomic mass is 19.1. The van der Waals surface area contributed by atoms with Gasteiger partial charge in [0.25, 0.3) is 5.91 Å². The average Bonchev–Trinajstić information content (AvgIpc) is 2.83. The summed E-state index contributed by atoms with van der Waals surface area (Å²) in [5.41, 5.74) is 4.79. The molecule has 1 amide bonds. The molecule has 0 spiro atoms. The lowest BCUT2D eigenvalue weighted by Gasteiger charge is -2.01. The standard InChI is InChI=1S/C13H13FN4O/c1-8-7-12(17-15-8)13(19)18-16-9(2)10-3-5-11(14)6-4-10/h3-7H,1-2H3,(H,15,17)(H,18,19). The van der Waals surface area contributed by atoms with Crippen LogP contribution in [0.4, 0.5) is 4.39 Å². The van der Waals surface area contributed by atoms with Crippen LogP contribution >= 0.6 is 0 Å². The summed E-state index contributed by atoms with van der Waals surface area (Å²) in [5.74, 6) is -0.710. The van der Waals surface area contributed by atoms with E-state index in [1.165, 1.54) is 12.1 Å². The van der Waals surface area contributed by atoms with E-state index in [1.807, 2.05) is 0 Å². The topological polar surface area (TPSA) is 70.1 Å². The molecule has 0 fully saturated rings. The number of halogens is 1. The number of hydrogen-bond donors (Lipinski definition) is 2. The smallest absolute Gasteiger partial charge is 0.282 e. The molecule has 2 N–H and O–H groups in total. The maximum absolute atomic E-state index is 12.8. The van der Waals surface area contributed by atoms with Crippen molar-refractivity contribution in [3.8, 4) is 0 Å². The second kappa shape index (κ2) is 5.43. The molecule has 2 aromatic rings. The minimum Gasteiger partial charge on any atom is -0.282 e. The molecule has 19 heavy (non-hydrogen) atoms. The van der Waals surface area contributed by atoms with Crippen molar-refractivity contribution in [2.75, 3.05) is 0 Å². The Bertz CT molecular complexity index is 616. The summed E-state index contributed by atoms with van der Waals surface area (Å²) in [6, 6.07) is 7.50. The van der Waals surface area contributed by atoms with Gasteiger partial charge in [-0.3, -0.25) is 9.89 Å². The molecule has 6 heteroatoms. The van der Waals surface area contributed by atoms with Crippen molar-refractivity contribution in [3.63, 3.8) is 0 Å². The zero-order valence-corrected chi connectivity index (χ0v) is 10.6. The van der Waals surface area contributed by atoms with Crippen LogP contribution in [0.1, 0.15) is 28.7 Å². The fourth-order valence-corrected chi connectivity index (χ4v) is 1.48. The summed E-state index contributed by atoms with van der Waals surface area (Å²) in [5, 5.41) is 10.4. The summed E-state index contributed by atoms with van der Waals surface area (Å²) in [4.78, 5) is 11.7. The zero-order valence-electron chi connectivity index (χ0n) is 10.6. The largest absolute Gasteiger partial charge is 0.291 e. The lowest BCUT2D eigenvalue weighted by molar-refractivity contribution is 0.0950. The van der Waals surface area contributed by atoms with Crippen molar-refractivity contribution in [2.45, 2.75) is 13.8 Å². The first-order chi connectivity index (χ1) is 9.06. The number of hydrogen-bond acceptors (Lipinski definition) is 3. The highest BCUT2D eigenvalue weighted by Crippen LogP contribution is 2.04. The van der Waals surface area contributed by atoms with Gasteiger partial charge in [-0.25, -0.2) is 9.82 Å². The molecule has 1 aromatic carbocycles. The van der Waals surface area contributed by atoms with E-state index >= 15 is 0 Å². The molecule has 0 atom stereocenters. The summed E-state index contributed by atoms with van der Waals surface area (Å²) in [6.07, 6.45) is 0. The van der Waals surface area contributed by atoms with Gasteiger partial charge in [0.05, 0.1) is 5.71 Å². The maximum Gasteiger partial charge on any atom is 0.291 e. The fraction of sp³-hybridized carbons (Fsp3) is 0.154. The van der Waals surface area contributed by atoms with E-state index in [0.29, 0.717) is 5.71 Å². The lowest BCUT2D eigenvalue weighted by atomic mass is 10.1. The third kappa shape index (κ3) is 3.25. The number of carbonyl (C=O) groups excluding carboxylic acids is 1. The molecule has 0 aliphatic rings. The number of aromatic amines is 1. The molecule has 2 rings (SSSR count). The van der Waals surface area contributed by atoms with Gasteiger partial charge in [0, 0.05) is 5.69 Å². The van der Waals surface area contributed by atoms with Gasteiger partial charge >= 0.3 is 0 Å². The molecule has 1 aromatic heterocycles. The van der Waals surface area contributed by atoms with Gasteiger partial charge in [-0.2, -0.15) is 10.2 Å². The van der Waals surface area contributed by atoms with Crippen molar-refractivity contribution in [2.24, 2.45) is 5.10 Å². The van der Waals surface area contributed by atoms with Crippen molar-refractivity contribution in [3.05, 3.63) is 53.1 Å². The fourth-order valence-electron chi connectivity index (χ4n) is 1.48. The van der Waals surface area contributed by atoms with Crippen LogP contribution in [0.5, 0.6) is 0 Å². The second-order valence-electron chi connectivity index (χ2n) is 4.08. The normalized spacial score (nSPS) is 11.4. The van der Waals surface area contributed by atoms with E-state index in [2.05, 4.69) is 20.7 Å². The summed E-state index contributed by atoms with van der Waals surface area (Å²) in [7, 11) is 0. The predicted molar refractivity (Wildman–Crippen MR) is 69.4 cm³/mol. The molecule has 5 nitrogen and oxygen atoms in total. The Hall–Kier alpha value is -2.50. The van der Waals surface area contributed by atoms with Crippen molar-refractivity contribution < 1.29 is 9.18 Å². The maximum atomic E-state index is 12.8. The number of aromatic nitrogens is 2. The summed E-state index contributed by atoms with van der Waals surface area (Å²) < 4.78 is 12.8. The lowest BCUT2D eigenvalue weighted by Crippen LogP contribution is -2.19. The molecule has 98 valence electrons. The van der Waals surface area contributed by atoms with Crippen LogP contribution in [0.3, 0.4) is 0 Å². The Morgan fingerprint density at radius 1 is 1.37 bits per heavy atom. The first-order valence-electron chi connectivity index (χ1n) is 5.69. The molecule has 1 heterocycles. The minimum absolute atomic E-state index is 0.271. The SMILES string of the molecule is CC(=NNC(=O)c1cc(C)[nH]n1)c1ccc(F)cc1. The minimum atomic E-state index is -0.397. The number of benzene rings is 1. The Kier molecular flexibility index (Phi) is 3.70. The van der Waals surface area contributed by atoms with Crippen LogP contribution in [0.2, 0.25) is 0 Å². The number of rotatable bonds is 3. The molecule has 0 saturated heterocycles. The van der Waals surface area contributed by atoms with Gasteiger partial charge in [0.1, 0.15) is 5.82 Å². The number of carbonyl (C=O) groups is 1. The molecule has 0 aliphatic heterocycles. The first-order valence-corrected chi connectivity index (χ1v) is 5.69. The highest BCUT2D eigenvalue weighted by molar-refractivity contribution is 6.00. The van der Waals surface area contributed by atoms with E-state index in [0.717, 1.165) is 11.3 Å². The number of aryl methyl sites for hydroxylation is 1. The number of nitrogens with one attached hydrogen (secondary N) is 2. The number of H-pyrrole nitrogens is 1. The van der Waals surface area contributed by atoms with E-state index in [9.17, 15) is 9.18 Å². The Balaban J connectivity index is 2.06. The van der Waals surface area contributed by atoms with Crippen molar-refractivity contribution >= 4 is 11.6 Å². The number of nitrogens with zero attached hydrogens (tertiary/aromatic N) is 2. The van der Waals surface area contributed by atoms with Crippen LogP contribution in [-0.4, -0.2) is 21.8 Å². The molecule has 0 unspecified atom stereocenters. The zero-order chi connectivity index (χ0) is 13.8. The molecular formula is C13H13FN4O. The average molecular weight is 260 g/mol. The van der Waals surface area contributed by atoms with Crippen LogP contribution < -0.4 is 5.43 Å². The molecule has 0 bridgehead atoms. The first kappa shape index (κ1) is 12.9. The highest BCUT2D eigenvalue weighted by Gasteiger charge is 2.08. The third-order valence-corrected chi connectivity index (χ3v) is 2.53. The second-order valence-corrected chi connectivity index (χ2v) is 4.08. The van der Waals surface area contributed by atoms with E-state index in [4.69, 9.17) is 0 Å². The monoisotopic (exact) mass is 260 g/mol. The van der Waals surface area contributed by atoms with Gasteiger partial charge in [0.15, 0.2) is 5.69 Å². The quantitative estimate of drug-likeness (QED) is 0.654. The van der Waals surface area contributed by atoms with Crippen LogP contribution in [0.25, 0.3) is 0 Å². The van der Waals surface area contributed by atoms with Crippen LogP contribution in [0.15, 0.2) is 35.4 Å². The summed E-state index contributed by atoms with van der Waals surface area (Å²) >= 11 is 0. The number of amides is 1. The Morgan fingerprint density at radius 2 is 2.05 bits per heavy atom. The molecule has 0 saturated carbocycles. The van der Waals surface area contributed by atoms with Crippen LogP contribution in [0, 0.1) is 12.7 Å². The molecule has 0 radical (unpaired) electrons. The number of hydrazone groups is 1. The van der Waals surface area contributed by atoms with Gasteiger partial charge in [0.2, 0.25) is 0 Å². The van der Waals surface area contributed by atoms with E-state index < -0.39 is 5.91 Å².